The molecule has 5 nitrogen and oxygen atoms in total. The molecule has 0 unspecified atom stereocenters. The Bertz CT molecular complexity index is 687. The first-order valence-corrected chi connectivity index (χ1v) is 8.05. The molecule has 0 heterocycles. The second-order valence-corrected chi connectivity index (χ2v) is 4.97. The number of ketones is 2. The third kappa shape index (κ3) is 10.2. The molecule has 0 atom stereocenters. The van der Waals surface area contributed by atoms with Gasteiger partial charge in [-0.3, -0.25) is 9.59 Å². The van der Waals surface area contributed by atoms with Gasteiger partial charge in [-0.25, -0.2) is 0 Å². The number of hydrogen-bond acceptors (Lipinski definition) is 5. The van der Waals surface area contributed by atoms with E-state index in [2.05, 4.69) is 0 Å². The van der Waals surface area contributed by atoms with Crippen LogP contribution in [0.4, 0.5) is 0 Å². The number of allylic oxidation sites excluding steroid dienone is 2. The van der Waals surface area contributed by atoms with E-state index in [1.54, 1.807) is 48.5 Å². The van der Waals surface area contributed by atoms with Crippen LogP contribution in [0.2, 0.25) is 0 Å². The van der Waals surface area contributed by atoms with E-state index in [0.29, 0.717) is 11.1 Å². The van der Waals surface area contributed by atoms with Crippen LogP contribution in [0.25, 0.3) is 11.5 Å². The summed E-state index contributed by atoms with van der Waals surface area (Å²) in [5, 5.41) is 22.4. The van der Waals surface area contributed by atoms with Gasteiger partial charge in [0.1, 0.15) is 0 Å². The van der Waals surface area contributed by atoms with Gasteiger partial charge in [-0.05, 0) is 37.1 Å². The Morgan fingerprint density at radius 2 is 0.962 bits per heavy atom. The minimum absolute atomic E-state index is 0.219. The molecule has 0 aliphatic rings. The maximum absolute atomic E-state index is 11.2. The zero-order valence-electron chi connectivity index (χ0n) is 14.4. The molecule has 2 rings (SSSR count). The fourth-order valence-electron chi connectivity index (χ4n) is 1.74. The summed E-state index contributed by atoms with van der Waals surface area (Å²) >= 11 is 1.06. The first-order valence-electron chi connectivity index (χ1n) is 7.48. The number of hydrogen-bond donors (Lipinski definition) is 0. The van der Waals surface area contributed by atoms with Gasteiger partial charge in [0.25, 0.3) is 0 Å². The van der Waals surface area contributed by atoms with Gasteiger partial charge in [-0.1, -0.05) is 72.2 Å². The normalized spacial score (nSPS) is 10.6. The van der Waals surface area contributed by atoms with Gasteiger partial charge in [0, 0.05) is 0 Å². The summed E-state index contributed by atoms with van der Waals surface area (Å²) in [7, 11) is 0. The molecule has 0 aliphatic carbocycles. The molecular weight excluding hydrogens is 371 g/mol. The molecule has 0 aromatic heterocycles. The standard InChI is InChI=1S/2C10H10O2.O.V/c2*1-8(11)7-10(12)9-5-3-2-4-6-9;;/h2*2-7,12H,1H3;;/q;;;+2/p-2/b2*10-7-;;. The van der Waals surface area contributed by atoms with Gasteiger partial charge in [-0.2, -0.15) is 0 Å². The summed E-state index contributed by atoms with van der Waals surface area (Å²) < 4.78 is 8.19. The van der Waals surface area contributed by atoms with Gasteiger partial charge < -0.3 is 10.2 Å². The number of carbonyl (C=O) groups excluding carboxylic acids is 2. The van der Waals surface area contributed by atoms with Crippen molar-refractivity contribution in [3.05, 3.63) is 83.9 Å². The van der Waals surface area contributed by atoms with Gasteiger partial charge in [0.2, 0.25) is 0 Å². The monoisotopic (exact) mass is 389 g/mol. The number of carbonyl (C=O) groups is 2. The van der Waals surface area contributed by atoms with Crippen LogP contribution in [0.3, 0.4) is 0 Å². The van der Waals surface area contributed by atoms with Crippen LogP contribution >= 0.6 is 0 Å². The zero-order valence-corrected chi connectivity index (χ0v) is 15.8. The molecule has 0 N–H and O–H groups in total. The van der Waals surface area contributed by atoms with E-state index in [9.17, 15) is 19.8 Å². The van der Waals surface area contributed by atoms with Gasteiger partial charge in [0.05, 0.1) is 0 Å². The molecule has 6 heteroatoms. The maximum atomic E-state index is 11.2. The predicted octanol–water partition coefficient (Wildman–Crippen LogP) is 1.83. The Morgan fingerprint density at radius 1 is 0.692 bits per heavy atom. The topological polar surface area (TPSA) is 97.3 Å². The number of rotatable bonds is 4. The van der Waals surface area contributed by atoms with Crippen molar-refractivity contribution in [3.63, 3.8) is 0 Å². The third-order valence-corrected chi connectivity index (χ3v) is 2.79. The fourth-order valence-corrected chi connectivity index (χ4v) is 1.74. The van der Waals surface area contributed by atoms with Crippen LogP contribution < -0.4 is 10.2 Å². The molecule has 133 valence electrons. The van der Waals surface area contributed by atoms with E-state index in [-0.39, 0.29) is 23.1 Å². The molecule has 0 fully saturated rings. The van der Waals surface area contributed by atoms with Crippen LogP contribution in [-0.2, 0) is 30.6 Å². The quantitative estimate of drug-likeness (QED) is 0.587. The molecule has 0 amide bonds. The first kappa shape index (κ1) is 23.2. The van der Waals surface area contributed by atoms with Crippen molar-refractivity contribution in [3.8, 4) is 0 Å². The van der Waals surface area contributed by atoms with Crippen LogP contribution in [0.5, 0.6) is 0 Å². The van der Waals surface area contributed by atoms with Gasteiger partial charge >= 0.3 is 21.0 Å². The van der Waals surface area contributed by atoms with Gasteiger partial charge in [-0.15, -0.1) is 0 Å². The summed E-state index contributed by atoms with van der Waals surface area (Å²) in [6, 6.07) is 17.4. The van der Waals surface area contributed by atoms with E-state index in [0.717, 1.165) is 29.5 Å². The van der Waals surface area contributed by atoms with Crippen molar-refractivity contribution < 1.29 is 40.8 Å². The summed E-state index contributed by atoms with van der Waals surface area (Å²) in [6.45, 7) is 2.72. The van der Waals surface area contributed by atoms with Crippen molar-refractivity contribution in [2.75, 3.05) is 0 Å². The Hall–Kier alpha value is -2.76. The molecule has 0 spiro atoms. The third-order valence-electron chi connectivity index (χ3n) is 2.79. The van der Waals surface area contributed by atoms with Crippen LogP contribution in [0.15, 0.2) is 72.8 Å². The summed E-state index contributed by atoms with van der Waals surface area (Å²) in [5.74, 6) is -0.904. The average Bonchev–Trinajstić information content (AvgIpc) is 2.64. The molecule has 0 saturated carbocycles. The van der Waals surface area contributed by atoms with E-state index < -0.39 is 0 Å². The molecule has 0 saturated heterocycles. The van der Waals surface area contributed by atoms with Crippen LogP contribution in [0, 0.1) is 0 Å². The molecule has 0 bridgehead atoms. The van der Waals surface area contributed by atoms with Crippen molar-refractivity contribution in [1.82, 2.24) is 0 Å². The molecule has 2 aromatic rings. The number of benzene rings is 2. The minimum atomic E-state index is -0.233. The first-order chi connectivity index (χ1) is 12.4. The van der Waals surface area contributed by atoms with Crippen molar-refractivity contribution in [2.24, 2.45) is 0 Å². The Balaban J connectivity index is 0.000000439. The van der Waals surface area contributed by atoms with Crippen LogP contribution in [-0.4, -0.2) is 11.6 Å². The zero-order chi connectivity index (χ0) is 19.9. The average molecular weight is 389 g/mol. The van der Waals surface area contributed by atoms with Crippen LogP contribution in [0.1, 0.15) is 25.0 Å². The second kappa shape index (κ2) is 13.5. The Kier molecular flexibility index (Phi) is 12.1. The SMILES string of the molecule is CC(=O)/C=C(\[O-])c1ccccc1.CC(=O)/C=C(\[O-])c1ccccc1.[O]=[V+2]. The van der Waals surface area contributed by atoms with E-state index in [4.69, 9.17) is 3.67 Å². The Morgan fingerprint density at radius 3 is 1.19 bits per heavy atom. The molecule has 26 heavy (non-hydrogen) atoms. The van der Waals surface area contributed by atoms with Crippen molar-refractivity contribution in [2.45, 2.75) is 13.8 Å². The summed E-state index contributed by atoms with van der Waals surface area (Å²) in [6.07, 6.45) is 2.19. The summed E-state index contributed by atoms with van der Waals surface area (Å²) in [4.78, 5) is 21.1. The fraction of sp³-hybridized carbons (Fsp3) is 0.100. The van der Waals surface area contributed by atoms with Gasteiger partial charge in [0.15, 0.2) is 11.6 Å². The summed E-state index contributed by atoms with van der Waals surface area (Å²) in [5.41, 5.74) is 1.10. The van der Waals surface area contributed by atoms with E-state index in [1.807, 2.05) is 12.1 Å². The second-order valence-electron chi connectivity index (χ2n) is 4.97. The van der Waals surface area contributed by atoms with Crippen molar-refractivity contribution in [1.29, 1.82) is 0 Å². The molecule has 2 aromatic carbocycles. The van der Waals surface area contributed by atoms with Crippen molar-refractivity contribution >= 4 is 23.1 Å². The Labute approximate surface area is 161 Å². The van der Waals surface area contributed by atoms with E-state index >= 15 is 0 Å². The molecular formula is C20H18O5V. The molecule has 0 aliphatic heterocycles. The predicted molar refractivity (Wildman–Crippen MR) is 90.9 cm³/mol. The van der Waals surface area contributed by atoms with E-state index in [1.165, 1.54) is 13.8 Å². The molecule has 0 radical (unpaired) electrons.